The van der Waals surface area contributed by atoms with Gasteiger partial charge in [-0.25, -0.2) is 0 Å². The fraction of sp³-hybridized carbons (Fsp3) is 0.235. The molecule has 0 radical (unpaired) electrons. The van der Waals surface area contributed by atoms with Crippen molar-refractivity contribution in [2.24, 2.45) is 0 Å². The van der Waals surface area contributed by atoms with Crippen LogP contribution < -0.4 is 5.32 Å². The topological polar surface area (TPSA) is 60.9 Å². The number of aromatic nitrogens is 2. The van der Waals surface area contributed by atoms with Gasteiger partial charge in [-0.15, -0.1) is 0 Å². The van der Waals surface area contributed by atoms with Crippen molar-refractivity contribution < 1.29 is 5.11 Å². The summed E-state index contributed by atoms with van der Waals surface area (Å²) in [4.78, 5) is 0. The Morgan fingerprint density at radius 2 is 1.81 bits per heavy atom. The fourth-order valence-corrected chi connectivity index (χ4v) is 2.45. The van der Waals surface area contributed by atoms with Gasteiger partial charge in [-0.3, -0.25) is 5.10 Å². The first-order valence-corrected chi connectivity index (χ1v) is 7.20. The Kier molecular flexibility index (Phi) is 4.28. The van der Waals surface area contributed by atoms with E-state index >= 15 is 0 Å². The van der Waals surface area contributed by atoms with E-state index in [4.69, 9.17) is 0 Å². The number of hydrogen-bond donors (Lipinski definition) is 3. The van der Waals surface area contributed by atoms with Crippen molar-refractivity contribution in [3.63, 3.8) is 0 Å². The van der Waals surface area contributed by atoms with Gasteiger partial charge in [-0.1, -0.05) is 48.5 Å². The molecular formula is C17H19N3O. The molecule has 0 fully saturated rings. The maximum Gasteiger partial charge on any atom is 0.0923 e. The first-order chi connectivity index (χ1) is 10.3. The van der Waals surface area contributed by atoms with E-state index < -0.39 is 6.10 Å². The SMILES string of the molecule is OC(CNCCc1[nH]nc2ccccc12)c1ccccc1. The van der Waals surface area contributed by atoms with Crippen molar-refractivity contribution in [3.8, 4) is 0 Å². The number of benzene rings is 2. The molecule has 0 aliphatic carbocycles. The molecule has 1 unspecified atom stereocenters. The molecule has 0 aliphatic rings. The molecule has 1 aromatic heterocycles. The van der Waals surface area contributed by atoms with Gasteiger partial charge in [0.25, 0.3) is 0 Å². The lowest BCUT2D eigenvalue weighted by atomic mass is 10.1. The lowest BCUT2D eigenvalue weighted by Crippen LogP contribution is -2.23. The molecule has 0 bridgehead atoms. The number of fused-ring (bicyclic) bond motifs is 1. The molecule has 2 aromatic carbocycles. The highest BCUT2D eigenvalue weighted by Crippen LogP contribution is 2.15. The van der Waals surface area contributed by atoms with Crippen molar-refractivity contribution in [2.75, 3.05) is 13.1 Å². The van der Waals surface area contributed by atoms with Gasteiger partial charge in [-0.05, 0) is 11.6 Å². The predicted octanol–water partition coefficient (Wildman–Crippen LogP) is 2.43. The third-order valence-corrected chi connectivity index (χ3v) is 3.61. The van der Waals surface area contributed by atoms with Crippen LogP contribution >= 0.6 is 0 Å². The molecule has 21 heavy (non-hydrogen) atoms. The average molecular weight is 281 g/mol. The van der Waals surface area contributed by atoms with Crippen LogP contribution in [0.4, 0.5) is 0 Å². The van der Waals surface area contributed by atoms with Gasteiger partial charge in [0.15, 0.2) is 0 Å². The van der Waals surface area contributed by atoms with Gasteiger partial charge < -0.3 is 10.4 Å². The largest absolute Gasteiger partial charge is 0.387 e. The number of hydrogen-bond acceptors (Lipinski definition) is 3. The first kappa shape index (κ1) is 13.8. The minimum absolute atomic E-state index is 0.468. The van der Waals surface area contributed by atoms with E-state index in [1.54, 1.807) is 0 Å². The molecule has 3 rings (SSSR count). The zero-order valence-corrected chi connectivity index (χ0v) is 11.8. The van der Waals surface area contributed by atoms with Crippen molar-refractivity contribution in [2.45, 2.75) is 12.5 Å². The lowest BCUT2D eigenvalue weighted by Gasteiger charge is -2.11. The molecule has 108 valence electrons. The monoisotopic (exact) mass is 281 g/mol. The van der Waals surface area contributed by atoms with Gasteiger partial charge in [0, 0.05) is 30.6 Å². The Hall–Kier alpha value is -2.17. The number of H-pyrrole nitrogens is 1. The second kappa shape index (κ2) is 6.52. The molecule has 1 heterocycles. The van der Waals surface area contributed by atoms with Crippen LogP contribution in [0.3, 0.4) is 0 Å². The summed E-state index contributed by atoms with van der Waals surface area (Å²) >= 11 is 0. The third kappa shape index (κ3) is 3.29. The Balaban J connectivity index is 1.50. The van der Waals surface area contributed by atoms with E-state index in [2.05, 4.69) is 21.6 Å². The van der Waals surface area contributed by atoms with Crippen LogP contribution in [0, 0.1) is 0 Å². The molecule has 4 heteroatoms. The lowest BCUT2D eigenvalue weighted by molar-refractivity contribution is 0.175. The predicted molar refractivity (Wildman–Crippen MR) is 84.1 cm³/mol. The quantitative estimate of drug-likeness (QED) is 0.608. The summed E-state index contributed by atoms with van der Waals surface area (Å²) in [6.07, 6.45) is 0.395. The number of rotatable bonds is 6. The number of para-hydroxylation sites is 1. The first-order valence-electron chi connectivity index (χ1n) is 7.20. The second-order valence-corrected chi connectivity index (χ2v) is 5.10. The summed E-state index contributed by atoms with van der Waals surface area (Å²) in [5.74, 6) is 0. The molecule has 3 aromatic rings. The van der Waals surface area contributed by atoms with Gasteiger partial charge >= 0.3 is 0 Å². The molecule has 0 saturated heterocycles. The van der Waals surface area contributed by atoms with Gasteiger partial charge in [0.05, 0.1) is 11.6 Å². The van der Waals surface area contributed by atoms with Crippen molar-refractivity contribution >= 4 is 10.9 Å². The minimum atomic E-state index is -0.468. The number of aliphatic hydroxyl groups excluding tert-OH is 1. The molecule has 0 spiro atoms. The van der Waals surface area contributed by atoms with Gasteiger partial charge in [-0.2, -0.15) is 5.10 Å². The summed E-state index contributed by atoms with van der Waals surface area (Å²) < 4.78 is 0. The molecule has 0 aliphatic heterocycles. The Labute approximate surface area is 123 Å². The zero-order chi connectivity index (χ0) is 14.5. The fourth-order valence-electron chi connectivity index (χ4n) is 2.45. The van der Waals surface area contributed by atoms with Crippen LogP contribution in [0.25, 0.3) is 10.9 Å². The molecular weight excluding hydrogens is 262 g/mol. The number of aromatic amines is 1. The van der Waals surface area contributed by atoms with Crippen molar-refractivity contribution in [1.82, 2.24) is 15.5 Å². The summed E-state index contributed by atoms with van der Waals surface area (Å²) in [6.45, 7) is 1.35. The highest BCUT2D eigenvalue weighted by Gasteiger charge is 2.07. The van der Waals surface area contributed by atoms with E-state index in [0.717, 1.165) is 29.7 Å². The normalized spacial score (nSPS) is 12.6. The second-order valence-electron chi connectivity index (χ2n) is 5.10. The third-order valence-electron chi connectivity index (χ3n) is 3.61. The van der Waals surface area contributed by atoms with Gasteiger partial charge in [0.1, 0.15) is 0 Å². The van der Waals surface area contributed by atoms with Crippen molar-refractivity contribution in [1.29, 1.82) is 0 Å². The number of nitrogens with one attached hydrogen (secondary N) is 2. The van der Waals surface area contributed by atoms with Crippen LogP contribution in [0.1, 0.15) is 17.4 Å². The average Bonchev–Trinajstić information content (AvgIpc) is 2.95. The van der Waals surface area contributed by atoms with Gasteiger partial charge in [0.2, 0.25) is 0 Å². The Morgan fingerprint density at radius 3 is 2.67 bits per heavy atom. The molecule has 3 N–H and O–H groups in total. The Morgan fingerprint density at radius 1 is 1.05 bits per heavy atom. The van der Waals surface area contributed by atoms with Crippen LogP contribution in [0.15, 0.2) is 54.6 Å². The maximum absolute atomic E-state index is 10.1. The van der Waals surface area contributed by atoms with Crippen LogP contribution in [0.5, 0.6) is 0 Å². The van der Waals surface area contributed by atoms with E-state index in [1.807, 2.05) is 48.5 Å². The van der Waals surface area contributed by atoms with Crippen molar-refractivity contribution in [3.05, 3.63) is 65.9 Å². The van der Waals surface area contributed by atoms with Crippen LogP contribution in [0.2, 0.25) is 0 Å². The molecule has 0 saturated carbocycles. The summed E-state index contributed by atoms with van der Waals surface area (Å²) in [6, 6.07) is 17.8. The maximum atomic E-state index is 10.1. The van der Waals surface area contributed by atoms with E-state index in [9.17, 15) is 5.11 Å². The van der Waals surface area contributed by atoms with Crippen LogP contribution in [-0.2, 0) is 6.42 Å². The number of nitrogens with zero attached hydrogens (tertiary/aromatic N) is 1. The Bertz CT molecular complexity index is 693. The molecule has 4 nitrogen and oxygen atoms in total. The number of aliphatic hydroxyl groups is 1. The zero-order valence-electron chi connectivity index (χ0n) is 11.8. The summed E-state index contributed by atoms with van der Waals surface area (Å²) in [5, 5.41) is 21.9. The highest BCUT2D eigenvalue weighted by atomic mass is 16.3. The molecule has 1 atom stereocenters. The van der Waals surface area contributed by atoms with E-state index in [0.29, 0.717) is 6.54 Å². The summed E-state index contributed by atoms with van der Waals surface area (Å²) in [7, 11) is 0. The smallest absolute Gasteiger partial charge is 0.0923 e. The standard InChI is InChI=1S/C17H19N3O/c21-17(13-6-2-1-3-7-13)12-18-11-10-16-14-8-4-5-9-15(14)19-20-16/h1-9,17-18,21H,10-12H2,(H,19,20). The highest BCUT2D eigenvalue weighted by molar-refractivity contribution is 5.81. The van der Waals surface area contributed by atoms with E-state index in [1.165, 1.54) is 5.39 Å². The van der Waals surface area contributed by atoms with E-state index in [-0.39, 0.29) is 0 Å². The van der Waals surface area contributed by atoms with Crippen LogP contribution in [-0.4, -0.2) is 28.4 Å². The summed E-state index contributed by atoms with van der Waals surface area (Å²) in [5.41, 5.74) is 3.07. The molecule has 0 amide bonds. The minimum Gasteiger partial charge on any atom is -0.387 e.